The molecule has 1 heterocycles. The van der Waals surface area contributed by atoms with E-state index in [1.807, 2.05) is 0 Å². The van der Waals surface area contributed by atoms with Gasteiger partial charge in [0.25, 0.3) is 11.8 Å². The highest BCUT2D eigenvalue weighted by Gasteiger charge is 2.31. The fraction of sp³-hybridized carbons (Fsp3) is 0.267. The number of benzene rings is 1. The number of methoxy groups -OCH3 is 1. The number of amides is 2. The van der Waals surface area contributed by atoms with E-state index in [2.05, 4.69) is 10.1 Å². The van der Waals surface area contributed by atoms with Gasteiger partial charge in [0.2, 0.25) is 0 Å². The first-order chi connectivity index (χ1) is 10.9. The Morgan fingerprint density at radius 2 is 2.09 bits per heavy atom. The van der Waals surface area contributed by atoms with E-state index in [0.717, 1.165) is 24.2 Å². The molecular formula is C15H15FN2O5. The summed E-state index contributed by atoms with van der Waals surface area (Å²) in [6.45, 7) is 1.03. The zero-order valence-corrected chi connectivity index (χ0v) is 12.6. The summed E-state index contributed by atoms with van der Waals surface area (Å²) in [5.41, 5.74) is 0.278. The number of nitrogens with zero attached hydrogens (tertiary/aromatic N) is 1. The number of rotatable bonds is 5. The lowest BCUT2D eigenvalue weighted by atomic mass is 10.1. The van der Waals surface area contributed by atoms with Gasteiger partial charge in [0.05, 0.1) is 20.3 Å². The van der Waals surface area contributed by atoms with E-state index in [4.69, 9.17) is 5.11 Å². The number of nitrogens with one attached hydrogen (secondary N) is 1. The van der Waals surface area contributed by atoms with Crippen molar-refractivity contribution in [1.82, 2.24) is 4.90 Å². The van der Waals surface area contributed by atoms with Gasteiger partial charge in [0.1, 0.15) is 17.1 Å². The molecular weight excluding hydrogens is 307 g/mol. The average Bonchev–Trinajstić information content (AvgIpc) is 2.78. The molecule has 0 atom stereocenters. The number of aliphatic hydroxyl groups is 1. The molecule has 2 N–H and O–H groups in total. The summed E-state index contributed by atoms with van der Waals surface area (Å²) in [6.07, 6.45) is 1.08. The average molecular weight is 322 g/mol. The number of aliphatic hydroxyl groups excluding tert-OH is 1. The standard InChI is InChI=1S/C15H15FN2O5/c1-8-10(4-3-9(16)13(8)15(22)23-2)17-11-7-12(20)18(5-6-19)14(11)21/h3-4,7,17,19H,5-6H2,1-2H3. The van der Waals surface area contributed by atoms with Gasteiger partial charge in [0, 0.05) is 11.8 Å². The van der Waals surface area contributed by atoms with Crippen molar-refractivity contribution in [3.8, 4) is 0 Å². The number of imide groups is 1. The van der Waals surface area contributed by atoms with Crippen LogP contribution in [0.1, 0.15) is 15.9 Å². The number of hydrogen-bond donors (Lipinski definition) is 2. The van der Waals surface area contributed by atoms with Crippen molar-refractivity contribution in [3.05, 3.63) is 40.8 Å². The quantitative estimate of drug-likeness (QED) is 0.608. The van der Waals surface area contributed by atoms with Crippen LogP contribution in [-0.2, 0) is 14.3 Å². The highest BCUT2D eigenvalue weighted by Crippen LogP contribution is 2.25. The van der Waals surface area contributed by atoms with Crippen LogP contribution in [0.3, 0.4) is 0 Å². The predicted molar refractivity (Wildman–Crippen MR) is 78.0 cm³/mol. The lowest BCUT2D eigenvalue weighted by molar-refractivity contribution is -0.137. The van der Waals surface area contributed by atoms with E-state index in [9.17, 15) is 18.8 Å². The van der Waals surface area contributed by atoms with Gasteiger partial charge in [-0.2, -0.15) is 0 Å². The maximum atomic E-state index is 13.8. The molecule has 1 aliphatic heterocycles. The van der Waals surface area contributed by atoms with Crippen LogP contribution in [0.2, 0.25) is 0 Å². The van der Waals surface area contributed by atoms with Crippen LogP contribution >= 0.6 is 0 Å². The number of esters is 1. The van der Waals surface area contributed by atoms with Gasteiger partial charge in [-0.05, 0) is 24.6 Å². The van der Waals surface area contributed by atoms with Crippen molar-refractivity contribution < 1.29 is 28.6 Å². The maximum Gasteiger partial charge on any atom is 0.341 e. The Balaban J connectivity index is 2.32. The Morgan fingerprint density at radius 1 is 1.39 bits per heavy atom. The van der Waals surface area contributed by atoms with E-state index < -0.39 is 23.6 Å². The summed E-state index contributed by atoms with van der Waals surface area (Å²) in [6, 6.07) is 2.42. The summed E-state index contributed by atoms with van der Waals surface area (Å²) in [4.78, 5) is 36.3. The fourth-order valence-corrected chi connectivity index (χ4v) is 2.22. The van der Waals surface area contributed by atoms with Crippen molar-refractivity contribution in [2.45, 2.75) is 6.92 Å². The van der Waals surface area contributed by atoms with Gasteiger partial charge < -0.3 is 15.2 Å². The number of carbonyl (C=O) groups is 3. The molecule has 0 fully saturated rings. The lowest BCUT2D eigenvalue weighted by Crippen LogP contribution is -2.34. The molecule has 2 amide bonds. The maximum absolute atomic E-state index is 13.8. The first kappa shape index (κ1) is 16.6. The highest BCUT2D eigenvalue weighted by atomic mass is 19.1. The van der Waals surface area contributed by atoms with Gasteiger partial charge in [-0.25, -0.2) is 9.18 Å². The third kappa shape index (κ3) is 3.07. The van der Waals surface area contributed by atoms with Crippen LogP contribution in [0.25, 0.3) is 0 Å². The largest absolute Gasteiger partial charge is 0.465 e. The van der Waals surface area contributed by atoms with Crippen LogP contribution in [0, 0.1) is 12.7 Å². The normalized spacial score (nSPS) is 14.1. The molecule has 23 heavy (non-hydrogen) atoms. The van der Waals surface area contributed by atoms with Crippen LogP contribution < -0.4 is 5.32 Å². The third-order valence-corrected chi connectivity index (χ3v) is 3.41. The zero-order chi connectivity index (χ0) is 17.1. The van der Waals surface area contributed by atoms with Gasteiger partial charge in [-0.3, -0.25) is 14.5 Å². The fourth-order valence-electron chi connectivity index (χ4n) is 2.22. The number of ether oxygens (including phenoxy) is 1. The molecule has 7 nitrogen and oxygen atoms in total. The molecule has 0 bridgehead atoms. The first-order valence-corrected chi connectivity index (χ1v) is 6.73. The molecule has 2 rings (SSSR count). The number of β-amino-alcohol motifs (C(OH)–C–C–N with tert-alkyl or cyclic N) is 1. The minimum absolute atomic E-state index is 0.0195. The molecule has 0 aliphatic carbocycles. The molecule has 0 saturated carbocycles. The molecule has 0 saturated heterocycles. The second kappa shape index (κ2) is 6.57. The zero-order valence-electron chi connectivity index (χ0n) is 12.6. The van der Waals surface area contributed by atoms with Crippen molar-refractivity contribution in [2.75, 3.05) is 25.6 Å². The van der Waals surface area contributed by atoms with Crippen LogP contribution in [0.5, 0.6) is 0 Å². The predicted octanol–water partition coefficient (Wildman–Crippen LogP) is 0.578. The topological polar surface area (TPSA) is 95.9 Å². The summed E-state index contributed by atoms with van der Waals surface area (Å²) in [7, 11) is 1.13. The van der Waals surface area contributed by atoms with Crippen molar-refractivity contribution in [1.29, 1.82) is 0 Å². The Labute approximate surface area is 131 Å². The third-order valence-electron chi connectivity index (χ3n) is 3.41. The van der Waals surface area contributed by atoms with Crippen molar-refractivity contribution >= 4 is 23.5 Å². The van der Waals surface area contributed by atoms with E-state index in [-0.39, 0.29) is 30.0 Å². The number of anilines is 1. The highest BCUT2D eigenvalue weighted by molar-refractivity contribution is 6.17. The molecule has 0 spiro atoms. The SMILES string of the molecule is COC(=O)c1c(F)ccc(NC2=CC(=O)N(CCO)C2=O)c1C. The molecule has 8 heteroatoms. The summed E-state index contributed by atoms with van der Waals surface area (Å²) >= 11 is 0. The second-order valence-electron chi connectivity index (χ2n) is 4.79. The van der Waals surface area contributed by atoms with Crippen molar-refractivity contribution in [3.63, 3.8) is 0 Å². The summed E-state index contributed by atoms with van der Waals surface area (Å²) in [5.74, 6) is -2.75. The van der Waals surface area contributed by atoms with Crippen LogP contribution in [0.15, 0.2) is 23.9 Å². The molecule has 1 aromatic rings. The van der Waals surface area contributed by atoms with E-state index in [1.54, 1.807) is 0 Å². The molecule has 122 valence electrons. The molecule has 0 aromatic heterocycles. The van der Waals surface area contributed by atoms with Crippen LogP contribution in [0.4, 0.5) is 10.1 Å². The van der Waals surface area contributed by atoms with Gasteiger partial charge in [0.15, 0.2) is 0 Å². The van der Waals surface area contributed by atoms with E-state index >= 15 is 0 Å². The van der Waals surface area contributed by atoms with E-state index in [0.29, 0.717) is 5.69 Å². The Hall–Kier alpha value is -2.74. The van der Waals surface area contributed by atoms with Crippen molar-refractivity contribution in [2.24, 2.45) is 0 Å². The minimum Gasteiger partial charge on any atom is -0.465 e. The van der Waals surface area contributed by atoms with E-state index in [1.165, 1.54) is 13.0 Å². The number of halogens is 1. The molecule has 1 aromatic carbocycles. The molecule has 1 aliphatic rings. The molecule has 0 radical (unpaired) electrons. The smallest absolute Gasteiger partial charge is 0.341 e. The lowest BCUT2D eigenvalue weighted by Gasteiger charge is -2.15. The summed E-state index contributed by atoms with van der Waals surface area (Å²) in [5, 5.41) is 11.6. The van der Waals surface area contributed by atoms with Gasteiger partial charge in [-0.1, -0.05) is 0 Å². The van der Waals surface area contributed by atoms with Gasteiger partial charge in [-0.15, -0.1) is 0 Å². The summed E-state index contributed by atoms with van der Waals surface area (Å²) < 4.78 is 18.3. The minimum atomic E-state index is -0.839. The number of carbonyl (C=O) groups excluding carboxylic acids is 3. The first-order valence-electron chi connectivity index (χ1n) is 6.73. The van der Waals surface area contributed by atoms with Crippen LogP contribution in [-0.4, -0.2) is 48.1 Å². The number of hydrogen-bond acceptors (Lipinski definition) is 6. The van der Waals surface area contributed by atoms with Gasteiger partial charge >= 0.3 is 5.97 Å². The Kier molecular flexibility index (Phi) is 4.75. The Bertz CT molecular complexity index is 714. The second-order valence-corrected chi connectivity index (χ2v) is 4.79. The molecule has 0 unspecified atom stereocenters. The Morgan fingerprint density at radius 3 is 2.70 bits per heavy atom. The monoisotopic (exact) mass is 322 g/mol.